The summed E-state index contributed by atoms with van der Waals surface area (Å²) in [5.41, 5.74) is -1.61. The van der Waals surface area contributed by atoms with Crippen LogP contribution in [0, 0.1) is 5.92 Å². The van der Waals surface area contributed by atoms with Gasteiger partial charge in [0.1, 0.15) is 35.0 Å². The van der Waals surface area contributed by atoms with Crippen LogP contribution in [0.15, 0.2) is 52.8 Å². The normalized spacial score (nSPS) is 26.3. The van der Waals surface area contributed by atoms with Crippen LogP contribution in [0.2, 0.25) is 0 Å². The number of carbonyl (C=O) groups excluding carboxylic acids is 3. The molecular weight excluding hydrogens is 715 g/mol. The number of allylic oxidation sites excluding steroid dienone is 1. The summed E-state index contributed by atoms with van der Waals surface area (Å²) >= 11 is 1.33. The number of amides is 3. The van der Waals surface area contributed by atoms with Gasteiger partial charge in [-0.25, -0.2) is 19.6 Å². The minimum atomic E-state index is -4.51. The Bertz CT molecular complexity index is 2010. The third kappa shape index (κ3) is 8.21. The van der Waals surface area contributed by atoms with Crippen molar-refractivity contribution in [1.29, 1.82) is 0 Å². The highest BCUT2D eigenvalue weighted by atomic mass is 32.2. The molecule has 4 N–H and O–H groups in total. The Hall–Kier alpha value is -4.61. The van der Waals surface area contributed by atoms with E-state index in [1.54, 1.807) is 32.9 Å². The Kier molecular flexibility index (Phi) is 10.3. The molecule has 1 aliphatic carbocycles. The van der Waals surface area contributed by atoms with Crippen molar-refractivity contribution >= 4 is 56.4 Å². The Morgan fingerprint density at radius 2 is 1.90 bits per heavy atom. The van der Waals surface area contributed by atoms with E-state index in [1.807, 2.05) is 17.5 Å². The van der Waals surface area contributed by atoms with Gasteiger partial charge in [0.25, 0.3) is 10.1 Å². The summed E-state index contributed by atoms with van der Waals surface area (Å²) in [6.07, 6.45) is 5.47. The summed E-state index contributed by atoms with van der Waals surface area (Å²) in [6, 6.07) is 5.14. The van der Waals surface area contributed by atoms with Gasteiger partial charge in [0.15, 0.2) is 0 Å². The third-order valence-electron chi connectivity index (χ3n) is 9.25. The van der Waals surface area contributed by atoms with Crippen molar-refractivity contribution in [3.05, 3.63) is 47.9 Å². The number of fused-ring (bicyclic) bond motifs is 3. The molecule has 3 aliphatic rings. The molecule has 0 spiro atoms. The maximum Gasteiger partial charge on any atom is 0.408 e. The van der Waals surface area contributed by atoms with Gasteiger partial charge >= 0.3 is 12.1 Å². The number of carboxylic acid groups (broad SMARTS) is 1. The van der Waals surface area contributed by atoms with Gasteiger partial charge in [0, 0.05) is 12.3 Å². The molecule has 278 valence electrons. The number of hydrogen-bond donors (Lipinski definition) is 4. The van der Waals surface area contributed by atoms with Crippen LogP contribution in [0.4, 0.5) is 4.79 Å². The van der Waals surface area contributed by atoms with Crippen LogP contribution in [-0.2, 0) is 29.2 Å². The summed E-state index contributed by atoms with van der Waals surface area (Å²) in [5, 5.41) is 17.4. The van der Waals surface area contributed by atoms with Crippen molar-refractivity contribution in [3.63, 3.8) is 0 Å². The second-order valence-corrected chi connectivity index (χ2v) is 16.7. The molecular formula is C35H41N5O10S2. The molecule has 52 heavy (non-hydrogen) atoms. The summed E-state index contributed by atoms with van der Waals surface area (Å²) in [7, 11) is -4.51. The van der Waals surface area contributed by atoms with Gasteiger partial charge in [-0.05, 0) is 76.1 Å². The number of thiophene rings is 1. The average Bonchev–Trinajstić information content (AvgIpc) is 3.37. The molecule has 3 aromatic rings. The van der Waals surface area contributed by atoms with Crippen LogP contribution in [0.1, 0.15) is 65.7 Å². The number of hydrogen-bond acceptors (Lipinski definition) is 11. The molecule has 2 fully saturated rings. The van der Waals surface area contributed by atoms with Gasteiger partial charge < -0.3 is 30.1 Å². The summed E-state index contributed by atoms with van der Waals surface area (Å²) < 4.78 is 45.1. The molecule has 15 nitrogen and oxygen atoms in total. The Morgan fingerprint density at radius 3 is 2.60 bits per heavy atom. The van der Waals surface area contributed by atoms with Crippen molar-refractivity contribution in [2.45, 2.75) is 99.9 Å². The van der Waals surface area contributed by atoms with Gasteiger partial charge in [0.2, 0.25) is 17.7 Å². The SMILES string of the molecule is CC(C)(C)OC(=O)N[C@@H]1CCCCC/C=C\C2CC2(C(=O)O)NC(=O)C2C[C@@H](Oc3nc4ccc(S(=O)(=O)O)cc4nc3-c3cccs3)CN2C1=O. The predicted molar refractivity (Wildman–Crippen MR) is 189 cm³/mol. The lowest BCUT2D eigenvalue weighted by atomic mass is 10.0. The van der Waals surface area contributed by atoms with Crippen LogP contribution in [0.25, 0.3) is 21.6 Å². The number of aromatic nitrogens is 2. The number of rotatable bonds is 6. The number of alkyl carbamates (subject to hydrolysis) is 1. The van der Waals surface area contributed by atoms with E-state index in [0.29, 0.717) is 17.7 Å². The lowest BCUT2D eigenvalue weighted by molar-refractivity contribution is -0.145. The number of benzene rings is 1. The molecule has 4 heterocycles. The van der Waals surface area contributed by atoms with Crippen LogP contribution in [-0.4, -0.2) is 92.7 Å². The van der Waals surface area contributed by atoms with Crippen molar-refractivity contribution in [2.24, 2.45) is 5.92 Å². The largest absolute Gasteiger partial charge is 0.479 e. The Balaban J connectivity index is 1.35. The Morgan fingerprint density at radius 1 is 1.12 bits per heavy atom. The smallest absolute Gasteiger partial charge is 0.408 e. The molecule has 2 aromatic heterocycles. The summed E-state index contributed by atoms with van der Waals surface area (Å²) in [5.74, 6) is -2.71. The van der Waals surface area contributed by atoms with Crippen molar-refractivity contribution in [3.8, 4) is 16.5 Å². The maximum atomic E-state index is 14.4. The minimum Gasteiger partial charge on any atom is -0.479 e. The molecule has 1 saturated heterocycles. The van der Waals surface area contributed by atoms with Crippen molar-refractivity contribution < 1.29 is 46.7 Å². The molecule has 0 radical (unpaired) electrons. The van der Waals surface area contributed by atoms with Gasteiger partial charge in [-0.3, -0.25) is 14.1 Å². The van der Waals surface area contributed by atoms with E-state index < -0.39 is 69.2 Å². The second-order valence-electron chi connectivity index (χ2n) is 14.3. The fourth-order valence-corrected chi connectivity index (χ4v) is 7.80. The van der Waals surface area contributed by atoms with Gasteiger partial charge in [-0.1, -0.05) is 31.1 Å². The van der Waals surface area contributed by atoms with E-state index >= 15 is 0 Å². The first-order valence-electron chi connectivity index (χ1n) is 17.1. The van der Waals surface area contributed by atoms with E-state index in [0.717, 1.165) is 12.8 Å². The zero-order chi connectivity index (χ0) is 37.4. The molecule has 0 bridgehead atoms. The summed E-state index contributed by atoms with van der Waals surface area (Å²) in [4.78, 5) is 64.6. The lowest BCUT2D eigenvalue weighted by Gasteiger charge is -2.30. The monoisotopic (exact) mass is 755 g/mol. The molecule has 2 aliphatic heterocycles. The first kappa shape index (κ1) is 37.2. The van der Waals surface area contributed by atoms with Crippen LogP contribution in [0.3, 0.4) is 0 Å². The molecule has 6 rings (SSSR count). The number of carbonyl (C=O) groups is 4. The third-order valence-corrected chi connectivity index (χ3v) is 11.0. The predicted octanol–water partition coefficient (Wildman–Crippen LogP) is 4.33. The average molecular weight is 756 g/mol. The highest BCUT2D eigenvalue weighted by molar-refractivity contribution is 7.85. The van der Waals surface area contributed by atoms with Crippen LogP contribution in [0.5, 0.6) is 5.88 Å². The zero-order valence-electron chi connectivity index (χ0n) is 28.9. The number of nitrogens with one attached hydrogen (secondary N) is 2. The fourth-order valence-electron chi connectivity index (χ4n) is 6.59. The quantitative estimate of drug-likeness (QED) is 0.205. The van der Waals surface area contributed by atoms with E-state index in [9.17, 15) is 37.3 Å². The standard InChI is InChI=1S/C35H41N5O10S2/c1-34(2,3)50-33(45)38-24-11-8-6-4-5-7-10-20-18-35(20,32(43)44)39-29(41)26-16-21(19-40(26)31(24)42)49-30-28(27-12-9-15-51-27)36-25-17-22(52(46,47)48)13-14-23(25)37-30/h7,9-10,12-15,17,20-21,24,26H,4-6,8,11,16,18-19H2,1-3H3,(H,38,45)(H,39,41)(H,43,44)(H,46,47,48)/b10-7-/t20?,21-,24-,26?,35?/m1/s1. The Labute approximate surface area is 304 Å². The topological polar surface area (TPSA) is 214 Å². The molecule has 3 unspecified atom stereocenters. The first-order valence-corrected chi connectivity index (χ1v) is 19.4. The second kappa shape index (κ2) is 14.4. The van der Waals surface area contributed by atoms with Crippen molar-refractivity contribution in [2.75, 3.05) is 6.54 Å². The van der Waals surface area contributed by atoms with Crippen LogP contribution >= 0.6 is 11.3 Å². The highest BCUT2D eigenvalue weighted by Crippen LogP contribution is 2.45. The lowest BCUT2D eigenvalue weighted by Crippen LogP contribution is -2.56. The molecule has 17 heteroatoms. The first-order chi connectivity index (χ1) is 24.5. The van der Waals surface area contributed by atoms with Gasteiger partial charge in [-0.15, -0.1) is 11.3 Å². The summed E-state index contributed by atoms with van der Waals surface area (Å²) in [6.45, 7) is 5.02. The van der Waals surface area contributed by atoms with E-state index in [4.69, 9.17) is 9.47 Å². The van der Waals surface area contributed by atoms with Gasteiger partial charge in [0.05, 0.1) is 27.4 Å². The van der Waals surface area contributed by atoms with Crippen LogP contribution < -0.4 is 15.4 Å². The van der Waals surface area contributed by atoms with E-state index in [-0.39, 0.29) is 53.3 Å². The highest BCUT2D eigenvalue weighted by Gasteiger charge is 2.61. The van der Waals surface area contributed by atoms with Gasteiger partial charge in [-0.2, -0.15) is 8.42 Å². The molecule has 5 atom stereocenters. The van der Waals surface area contributed by atoms with Crippen molar-refractivity contribution in [1.82, 2.24) is 25.5 Å². The number of ether oxygens (including phenoxy) is 2. The number of nitrogens with zero attached hydrogens (tertiary/aromatic N) is 3. The molecule has 3 amide bonds. The molecule has 1 saturated carbocycles. The maximum absolute atomic E-state index is 14.4. The molecule has 1 aromatic carbocycles. The number of aliphatic carboxylic acids is 1. The van der Waals surface area contributed by atoms with E-state index in [1.165, 1.54) is 34.4 Å². The zero-order valence-corrected chi connectivity index (χ0v) is 30.5. The van der Waals surface area contributed by atoms with E-state index in [2.05, 4.69) is 20.6 Å². The minimum absolute atomic E-state index is 0.0295. The number of carboxylic acids is 1. The fraction of sp³-hybridized carbons (Fsp3) is 0.486.